The van der Waals surface area contributed by atoms with Gasteiger partial charge in [0.05, 0.1) is 19.8 Å². The molecule has 2 atom stereocenters. The van der Waals surface area contributed by atoms with Crippen molar-refractivity contribution in [1.82, 2.24) is 30.1 Å². The minimum absolute atomic E-state index is 0.0770. The van der Waals surface area contributed by atoms with Crippen LogP contribution in [0.4, 0.5) is 5.69 Å². The molecule has 10 nitrogen and oxygen atoms in total. The molecule has 2 aliphatic heterocycles. The molecule has 1 N–H and O–H groups in total. The number of hydrogen-bond acceptors (Lipinski definition) is 8. The number of H-pyrrole nitrogens is 1. The Balaban J connectivity index is 1.37. The lowest BCUT2D eigenvalue weighted by Gasteiger charge is -2.40. The first-order valence-corrected chi connectivity index (χ1v) is 13.7. The van der Waals surface area contributed by atoms with Gasteiger partial charge in [0.1, 0.15) is 11.8 Å². The summed E-state index contributed by atoms with van der Waals surface area (Å²) in [6, 6.07) is 13.7. The average molecular weight is 530 g/mol. The van der Waals surface area contributed by atoms with Gasteiger partial charge in [0.25, 0.3) is 5.56 Å². The molecule has 2 saturated heterocycles. The lowest BCUT2D eigenvalue weighted by atomic mass is 10.0. The zero-order valence-electron chi connectivity index (χ0n) is 22.8. The van der Waals surface area contributed by atoms with Gasteiger partial charge in [0.15, 0.2) is 5.82 Å². The summed E-state index contributed by atoms with van der Waals surface area (Å²) in [5.41, 5.74) is 5.12. The molecule has 0 unspecified atom stereocenters. The van der Waals surface area contributed by atoms with Crippen LogP contribution in [0.1, 0.15) is 41.4 Å². The fraction of sp³-hybridized carbons (Fsp3) is 0.448. The number of hydrogen-bond donors (Lipinski definition) is 1. The second-order valence-electron chi connectivity index (χ2n) is 10.5. The first-order chi connectivity index (χ1) is 19.0. The van der Waals surface area contributed by atoms with E-state index in [4.69, 9.17) is 9.47 Å². The summed E-state index contributed by atoms with van der Waals surface area (Å²) >= 11 is 0. The highest BCUT2D eigenvalue weighted by molar-refractivity contribution is 5.80. The molecule has 2 aromatic heterocycles. The highest BCUT2D eigenvalue weighted by Crippen LogP contribution is 2.31. The number of nitrogens with zero attached hydrogens (tertiary/aromatic N) is 6. The maximum atomic E-state index is 13.6. The zero-order chi connectivity index (χ0) is 26.9. The largest absolute Gasteiger partial charge is 0.497 e. The van der Waals surface area contributed by atoms with Crippen molar-refractivity contribution < 1.29 is 9.47 Å². The molecule has 6 rings (SSSR count). The third kappa shape index (κ3) is 5.02. The molecule has 204 valence electrons. The number of tetrazole rings is 1. The van der Waals surface area contributed by atoms with E-state index in [9.17, 15) is 4.79 Å². The fourth-order valence-electron chi connectivity index (χ4n) is 5.85. The van der Waals surface area contributed by atoms with Crippen molar-refractivity contribution >= 4 is 16.6 Å². The van der Waals surface area contributed by atoms with Crippen molar-refractivity contribution in [3.8, 4) is 5.75 Å². The molecule has 0 saturated carbocycles. The Morgan fingerprint density at radius 3 is 2.74 bits per heavy atom. The smallest absolute Gasteiger partial charge is 0.253 e. The second-order valence-corrected chi connectivity index (χ2v) is 10.5. The number of aromatic nitrogens is 5. The summed E-state index contributed by atoms with van der Waals surface area (Å²) in [4.78, 5) is 21.4. The van der Waals surface area contributed by atoms with Crippen LogP contribution in [0.15, 0.2) is 47.3 Å². The SMILES string of the molecule is COc1ccc2[nH]c(=O)c([C@H](c3nnnn3C[C@@H]3CCCO3)N3CCN(c4cccc(C)c4C)CC3)cc2c1. The molecule has 0 bridgehead atoms. The summed E-state index contributed by atoms with van der Waals surface area (Å²) in [6.07, 6.45) is 2.10. The van der Waals surface area contributed by atoms with Crippen LogP contribution in [-0.2, 0) is 11.3 Å². The van der Waals surface area contributed by atoms with Crippen LogP contribution in [0.25, 0.3) is 10.9 Å². The van der Waals surface area contributed by atoms with E-state index in [1.165, 1.54) is 16.8 Å². The highest BCUT2D eigenvalue weighted by atomic mass is 16.5. The summed E-state index contributed by atoms with van der Waals surface area (Å²) in [5.74, 6) is 1.40. The predicted octanol–water partition coefficient (Wildman–Crippen LogP) is 3.23. The van der Waals surface area contributed by atoms with E-state index in [0.717, 1.165) is 62.3 Å². The van der Waals surface area contributed by atoms with Gasteiger partial charge in [-0.05, 0) is 78.6 Å². The normalized spacial score (nSPS) is 19.1. The van der Waals surface area contributed by atoms with Crippen LogP contribution in [0.2, 0.25) is 0 Å². The van der Waals surface area contributed by atoms with E-state index in [2.05, 4.69) is 62.4 Å². The number of anilines is 1. The lowest BCUT2D eigenvalue weighted by Crippen LogP contribution is -2.49. The Hall–Kier alpha value is -3.76. The van der Waals surface area contributed by atoms with Gasteiger partial charge in [-0.15, -0.1) is 5.10 Å². The van der Waals surface area contributed by atoms with Gasteiger partial charge < -0.3 is 19.4 Å². The van der Waals surface area contributed by atoms with Gasteiger partial charge >= 0.3 is 0 Å². The highest BCUT2D eigenvalue weighted by Gasteiger charge is 2.34. The number of fused-ring (bicyclic) bond motifs is 1. The zero-order valence-corrected chi connectivity index (χ0v) is 22.8. The Labute approximate surface area is 227 Å². The number of methoxy groups -OCH3 is 1. The number of pyridine rings is 1. The minimum atomic E-state index is -0.401. The Bertz CT molecular complexity index is 1520. The number of rotatable bonds is 7. The topological polar surface area (TPSA) is 101 Å². The van der Waals surface area contributed by atoms with Crippen LogP contribution in [0, 0.1) is 13.8 Å². The molecule has 2 fully saturated rings. The molecule has 2 aromatic carbocycles. The van der Waals surface area contributed by atoms with Crippen LogP contribution < -0.4 is 15.2 Å². The monoisotopic (exact) mass is 529 g/mol. The lowest BCUT2D eigenvalue weighted by molar-refractivity contribution is 0.0906. The molecule has 4 aromatic rings. The van der Waals surface area contributed by atoms with Gasteiger partial charge in [0, 0.05) is 54.9 Å². The predicted molar refractivity (Wildman–Crippen MR) is 149 cm³/mol. The van der Waals surface area contributed by atoms with E-state index in [1.807, 2.05) is 28.9 Å². The Kier molecular flexibility index (Phi) is 7.05. The van der Waals surface area contributed by atoms with Crippen LogP contribution in [0.3, 0.4) is 0 Å². The van der Waals surface area contributed by atoms with Crippen molar-refractivity contribution in [2.75, 3.05) is 44.8 Å². The molecule has 4 heterocycles. The van der Waals surface area contributed by atoms with Gasteiger partial charge in [-0.25, -0.2) is 4.68 Å². The maximum absolute atomic E-state index is 13.6. The molecule has 0 radical (unpaired) electrons. The fourth-order valence-corrected chi connectivity index (χ4v) is 5.85. The quantitative estimate of drug-likeness (QED) is 0.390. The van der Waals surface area contributed by atoms with Gasteiger partial charge in [-0.1, -0.05) is 12.1 Å². The average Bonchev–Trinajstić information content (AvgIpc) is 3.64. The minimum Gasteiger partial charge on any atom is -0.497 e. The molecule has 0 amide bonds. The number of ether oxygens (including phenoxy) is 2. The standard InChI is InChI=1S/C29H35N7O3/c1-19-6-4-8-26(20(19)2)34-11-13-35(14-12-34)27(28-31-32-33-36(28)18-23-7-5-15-39-23)24-17-21-16-22(38-3)9-10-25(21)30-29(24)37/h4,6,8-10,16-17,23,27H,5,7,11-15,18H2,1-3H3,(H,30,37)/t23-,27+/m0/s1. The first-order valence-electron chi connectivity index (χ1n) is 13.7. The summed E-state index contributed by atoms with van der Waals surface area (Å²) < 4.78 is 13.2. The number of aromatic amines is 1. The molecular weight excluding hydrogens is 494 g/mol. The number of benzene rings is 2. The Morgan fingerprint density at radius 2 is 1.97 bits per heavy atom. The summed E-state index contributed by atoms with van der Waals surface area (Å²) in [6.45, 7) is 8.88. The molecular formula is C29H35N7O3. The van der Waals surface area contributed by atoms with Gasteiger partial charge in [-0.3, -0.25) is 9.69 Å². The van der Waals surface area contributed by atoms with Crippen molar-refractivity contribution in [1.29, 1.82) is 0 Å². The third-order valence-electron chi connectivity index (χ3n) is 8.18. The van der Waals surface area contributed by atoms with Crippen LogP contribution in [0.5, 0.6) is 5.75 Å². The number of nitrogens with one attached hydrogen (secondary N) is 1. The van der Waals surface area contributed by atoms with Crippen molar-refractivity contribution in [3.05, 3.63) is 75.3 Å². The van der Waals surface area contributed by atoms with Crippen molar-refractivity contribution in [2.24, 2.45) is 0 Å². The van der Waals surface area contributed by atoms with E-state index >= 15 is 0 Å². The molecule has 2 aliphatic rings. The molecule has 0 spiro atoms. The summed E-state index contributed by atoms with van der Waals surface area (Å²) in [5, 5.41) is 13.8. The van der Waals surface area contributed by atoms with Crippen molar-refractivity contribution in [2.45, 2.75) is 45.4 Å². The number of piperazine rings is 1. The second kappa shape index (κ2) is 10.8. The van der Waals surface area contributed by atoms with Gasteiger partial charge in [0.2, 0.25) is 0 Å². The molecule has 10 heteroatoms. The van der Waals surface area contributed by atoms with Crippen molar-refractivity contribution in [3.63, 3.8) is 0 Å². The third-order valence-corrected chi connectivity index (χ3v) is 8.18. The summed E-state index contributed by atoms with van der Waals surface area (Å²) in [7, 11) is 1.64. The van der Waals surface area contributed by atoms with E-state index < -0.39 is 6.04 Å². The number of aryl methyl sites for hydroxylation is 1. The van der Waals surface area contributed by atoms with E-state index in [0.29, 0.717) is 17.9 Å². The van der Waals surface area contributed by atoms with Crippen LogP contribution >= 0.6 is 0 Å². The van der Waals surface area contributed by atoms with E-state index in [1.54, 1.807) is 7.11 Å². The van der Waals surface area contributed by atoms with Crippen LogP contribution in [-0.4, -0.2) is 76.1 Å². The van der Waals surface area contributed by atoms with E-state index in [-0.39, 0.29) is 11.7 Å². The first kappa shape index (κ1) is 25.5. The molecule has 39 heavy (non-hydrogen) atoms. The maximum Gasteiger partial charge on any atom is 0.253 e. The Morgan fingerprint density at radius 1 is 1.13 bits per heavy atom. The van der Waals surface area contributed by atoms with Gasteiger partial charge in [-0.2, -0.15) is 0 Å². The molecule has 0 aliphatic carbocycles.